The molecule has 1 unspecified atom stereocenters. The summed E-state index contributed by atoms with van der Waals surface area (Å²) in [6.45, 7) is -0.127. The molecule has 7 heteroatoms. The third-order valence-electron chi connectivity index (χ3n) is 3.98. The van der Waals surface area contributed by atoms with E-state index in [9.17, 15) is 13.5 Å². The van der Waals surface area contributed by atoms with E-state index in [0.29, 0.717) is 5.56 Å². The number of methoxy groups -OCH3 is 1. The number of para-hydroxylation sites is 1. The second kappa shape index (κ2) is 8.01. The molecular weight excluding hydrogens is 370 g/mol. The van der Waals surface area contributed by atoms with E-state index < -0.39 is 16.1 Å². The van der Waals surface area contributed by atoms with E-state index in [1.165, 1.54) is 13.2 Å². The molecule has 0 spiro atoms. The van der Waals surface area contributed by atoms with Gasteiger partial charge in [0.1, 0.15) is 10.6 Å². The van der Waals surface area contributed by atoms with Gasteiger partial charge in [-0.15, -0.1) is 0 Å². The summed E-state index contributed by atoms with van der Waals surface area (Å²) in [5.74, 6) is 0.259. The minimum atomic E-state index is -3.78. The van der Waals surface area contributed by atoms with Gasteiger partial charge in [0.2, 0.25) is 10.0 Å². The summed E-state index contributed by atoms with van der Waals surface area (Å²) >= 11 is 1.62. The maximum Gasteiger partial charge on any atom is 0.244 e. The van der Waals surface area contributed by atoms with Gasteiger partial charge < -0.3 is 9.84 Å². The fourth-order valence-corrected chi connectivity index (χ4v) is 4.42. The standard InChI is InChI=1S/C19H19NO4S2/c1-24-18-4-2-3-5-19(18)26(22,23)20-12-17(21)15-8-6-14(7-9-15)16-10-11-25-13-16/h2-11,13,17,20-21H,12H2,1H3. The molecule has 0 fully saturated rings. The van der Waals surface area contributed by atoms with Gasteiger partial charge >= 0.3 is 0 Å². The van der Waals surface area contributed by atoms with Gasteiger partial charge in [0.05, 0.1) is 13.2 Å². The Labute approximate surface area is 156 Å². The maximum absolute atomic E-state index is 12.5. The van der Waals surface area contributed by atoms with Crippen molar-refractivity contribution >= 4 is 21.4 Å². The number of hydrogen-bond donors (Lipinski definition) is 2. The molecule has 0 aliphatic rings. The van der Waals surface area contributed by atoms with Crippen LogP contribution in [-0.2, 0) is 10.0 Å². The average molecular weight is 389 g/mol. The highest BCUT2D eigenvalue weighted by atomic mass is 32.2. The molecule has 0 aliphatic heterocycles. The van der Waals surface area contributed by atoms with Crippen LogP contribution in [0.3, 0.4) is 0 Å². The Morgan fingerprint density at radius 2 is 1.81 bits per heavy atom. The van der Waals surface area contributed by atoms with Crippen LogP contribution in [0.1, 0.15) is 11.7 Å². The lowest BCUT2D eigenvalue weighted by atomic mass is 10.0. The predicted octanol–water partition coefficient (Wildman–Crippen LogP) is 3.44. The molecule has 2 aromatic carbocycles. The fraction of sp³-hybridized carbons (Fsp3) is 0.158. The van der Waals surface area contributed by atoms with E-state index >= 15 is 0 Å². The molecule has 1 heterocycles. The Bertz CT molecular complexity index is 951. The maximum atomic E-state index is 12.5. The summed E-state index contributed by atoms with van der Waals surface area (Å²) < 4.78 is 32.4. The lowest BCUT2D eigenvalue weighted by Crippen LogP contribution is -2.28. The van der Waals surface area contributed by atoms with Gasteiger partial charge in [-0.1, -0.05) is 36.4 Å². The van der Waals surface area contributed by atoms with Gasteiger partial charge in [-0.05, 0) is 45.6 Å². The van der Waals surface area contributed by atoms with E-state index in [1.807, 2.05) is 29.0 Å². The highest BCUT2D eigenvalue weighted by molar-refractivity contribution is 7.89. The number of ether oxygens (including phenoxy) is 1. The summed E-state index contributed by atoms with van der Waals surface area (Å²) in [5.41, 5.74) is 2.82. The number of nitrogens with one attached hydrogen (secondary N) is 1. The molecule has 1 atom stereocenters. The van der Waals surface area contributed by atoms with Crippen LogP contribution in [0.2, 0.25) is 0 Å². The van der Waals surface area contributed by atoms with Crippen LogP contribution in [0.4, 0.5) is 0 Å². The molecule has 0 bridgehead atoms. The first-order valence-electron chi connectivity index (χ1n) is 7.94. The fourth-order valence-electron chi connectivity index (χ4n) is 2.55. The SMILES string of the molecule is COc1ccccc1S(=O)(=O)NCC(O)c1ccc(-c2ccsc2)cc1. The Kier molecular flexibility index (Phi) is 5.73. The van der Waals surface area contributed by atoms with Crippen LogP contribution < -0.4 is 9.46 Å². The van der Waals surface area contributed by atoms with Crippen LogP contribution >= 0.6 is 11.3 Å². The van der Waals surface area contributed by atoms with Crippen LogP contribution in [0.5, 0.6) is 5.75 Å². The van der Waals surface area contributed by atoms with Crippen molar-refractivity contribution in [3.05, 3.63) is 70.9 Å². The van der Waals surface area contributed by atoms with Crippen LogP contribution in [0.25, 0.3) is 11.1 Å². The largest absolute Gasteiger partial charge is 0.495 e. The second-order valence-corrected chi connectivity index (χ2v) is 8.17. The van der Waals surface area contributed by atoms with Crippen molar-refractivity contribution in [1.82, 2.24) is 4.72 Å². The number of sulfonamides is 1. The van der Waals surface area contributed by atoms with E-state index in [2.05, 4.69) is 4.72 Å². The molecular formula is C19H19NO4S2. The first kappa shape index (κ1) is 18.6. The molecule has 0 aliphatic carbocycles. The Morgan fingerprint density at radius 1 is 1.08 bits per heavy atom. The molecule has 0 amide bonds. The van der Waals surface area contributed by atoms with E-state index in [1.54, 1.807) is 41.7 Å². The van der Waals surface area contributed by atoms with E-state index in [-0.39, 0.29) is 17.2 Å². The zero-order chi connectivity index (χ0) is 18.6. The summed E-state index contributed by atoms with van der Waals surface area (Å²) in [6.07, 6.45) is -0.948. The monoisotopic (exact) mass is 389 g/mol. The average Bonchev–Trinajstić information content (AvgIpc) is 3.21. The molecule has 0 saturated carbocycles. The van der Waals surface area contributed by atoms with Crippen molar-refractivity contribution < 1.29 is 18.3 Å². The normalized spacial score (nSPS) is 12.7. The van der Waals surface area contributed by atoms with Crippen molar-refractivity contribution in [2.75, 3.05) is 13.7 Å². The van der Waals surface area contributed by atoms with Gasteiger partial charge in [0.15, 0.2) is 0 Å². The van der Waals surface area contributed by atoms with Crippen LogP contribution in [0, 0.1) is 0 Å². The summed E-state index contributed by atoms with van der Waals surface area (Å²) in [7, 11) is -2.37. The first-order valence-corrected chi connectivity index (χ1v) is 10.4. The number of aliphatic hydroxyl groups is 1. The Morgan fingerprint density at radius 3 is 2.46 bits per heavy atom. The van der Waals surface area contributed by atoms with Crippen molar-refractivity contribution in [3.63, 3.8) is 0 Å². The van der Waals surface area contributed by atoms with Crippen LogP contribution in [-0.4, -0.2) is 27.2 Å². The highest BCUT2D eigenvalue weighted by Gasteiger charge is 2.20. The quantitative estimate of drug-likeness (QED) is 0.649. The molecule has 1 aromatic heterocycles. The summed E-state index contributed by atoms with van der Waals surface area (Å²) in [6, 6.07) is 15.8. The Balaban J connectivity index is 1.69. The van der Waals surface area contributed by atoms with E-state index in [0.717, 1.165) is 11.1 Å². The summed E-state index contributed by atoms with van der Waals surface area (Å²) in [4.78, 5) is 0.0440. The highest BCUT2D eigenvalue weighted by Crippen LogP contribution is 2.25. The predicted molar refractivity (Wildman–Crippen MR) is 103 cm³/mol. The Hall–Kier alpha value is -2.19. The third kappa shape index (κ3) is 4.13. The molecule has 136 valence electrons. The van der Waals surface area contributed by atoms with Gasteiger partial charge in [0.25, 0.3) is 0 Å². The van der Waals surface area contributed by atoms with Gasteiger partial charge in [-0.3, -0.25) is 0 Å². The molecule has 3 aromatic rings. The van der Waals surface area contributed by atoms with Crippen LogP contribution in [0.15, 0.2) is 70.3 Å². The lowest BCUT2D eigenvalue weighted by Gasteiger charge is -2.14. The van der Waals surface area contributed by atoms with Crippen molar-refractivity contribution in [2.45, 2.75) is 11.0 Å². The number of hydrogen-bond acceptors (Lipinski definition) is 5. The minimum Gasteiger partial charge on any atom is -0.495 e. The van der Waals surface area contributed by atoms with Gasteiger partial charge in [0, 0.05) is 6.54 Å². The third-order valence-corrected chi connectivity index (χ3v) is 6.12. The number of thiophene rings is 1. The molecule has 3 rings (SSSR count). The van der Waals surface area contributed by atoms with Gasteiger partial charge in [-0.25, -0.2) is 13.1 Å². The van der Waals surface area contributed by atoms with Crippen molar-refractivity contribution in [2.24, 2.45) is 0 Å². The lowest BCUT2D eigenvalue weighted by molar-refractivity contribution is 0.182. The zero-order valence-corrected chi connectivity index (χ0v) is 15.8. The minimum absolute atomic E-state index is 0.0440. The smallest absolute Gasteiger partial charge is 0.244 e. The molecule has 26 heavy (non-hydrogen) atoms. The number of aliphatic hydroxyl groups excluding tert-OH is 1. The van der Waals surface area contributed by atoms with Crippen molar-refractivity contribution in [3.8, 4) is 16.9 Å². The zero-order valence-electron chi connectivity index (χ0n) is 14.1. The van der Waals surface area contributed by atoms with E-state index in [4.69, 9.17) is 4.74 Å². The molecule has 5 nitrogen and oxygen atoms in total. The topological polar surface area (TPSA) is 75.6 Å². The van der Waals surface area contributed by atoms with Gasteiger partial charge in [-0.2, -0.15) is 11.3 Å². The number of benzene rings is 2. The van der Waals surface area contributed by atoms with Crippen molar-refractivity contribution in [1.29, 1.82) is 0 Å². The second-order valence-electron chi connectivity index (χ2n) is 5.65. The first-order chi connectivity index (χ1) is 12.5. The molecule has 2 N–H and O–H groups in total. The number of rotatable bonds is 7. The summed E-state index contributed by atoms with van der Waals surface area (Å²) in [5, 5.41) is 14.4. The molecule has 0 radical (unpaired) electrons. The molecule has 0 saturated heterocycles.